The Morgan fingerprint density at radius 2 is 1.00 bits per heavy atom. The molecule has 0 saturated carbocycles. The highest BCUT2D eigenvalue weighted by molar-refractivity contribution is 6.31. The molecule has 0 aliphatic carbocycles. The van der Waals surface area contributed by atoms with E-state index in [1.807, 2.05) is 6.92 Å². The number of amides is 11. The van der Waals surface area contributed by atoms with E-state index in [0.29, 0.717) is 51.6 Å². The van der Waals surface area contributed by atoms with Crippen LogP contribution >= 0.6 is 23.2 Å². The Kier molecular flexibility index (Phi) is 29.3. The molecule has 1 fully saturated rings. The van der Waals surface area contributed by atoms with Crippen molar-refractivity contribution in [1.29, 1.82) is 0 Å². The molecule has 1 aliphatic heterocycles. The summed E-state index contributed by atoms with van der Waals surface area (Å²) in [6.45, 7) is 5.11. The summed E-state index contributed by atoms with van der Waals surface area (Å²) >= 11 is 12.7. The Morgan fingerprint density at radius 3 is 1.59 bits per heavy atom. The fraction of sp³-hybridized carbons (Fsp3) is 0.452. The van der Waals surface area contributed by atoms with Crippen molar-refractivity contribution < 1.29 is 57.5 Å². The van der Waals surface area contributed by atoms with Gasteiger partial charge in [-0.2, -0.15) is 0 Å². The lowest BCUT2D eigenvalue weighted by atomic mass is 9.97. The summed E-state index contributed by atoms with van der Waals surface area (Å²) in [5.41, 5.74) is 2.36. The third kappa shape index (κ3) is 21.5. The molecule has 0 bridgehead atoms. The molecule has 24 nitrogen and oxygen atoms in total. The van der Waals surface area contributed by atoms with E-state index in [4.69, 9.17) is 23.2 Å². The number of rotatable bonds is 14. The Bertz CT molecular complexity index is 3640. The van der Waals surface area contributed by atoms with Crippen LogP contribution in [0.3, 0.4) is 0 Å². The van der Waals surface area contributed by atoms with E-state index in [1.54, 1.807) is 135 Å². The molecule has 0 radical (unpaired) electrons. The summed E-state index contributed by atoms with van der Waals surface area (Å²) in [4.78, 5) is 187. The van der Waals surface area contributed by atoms with Crippen LogP contribution in [0.1, 0.15) is 86.8 Å². The molecule has 4 aromatic carbocycles. The highest BCUT2D eigenvalue weighted by atomic mass is 35.5. The number of unbranched alkanes of at least 4 members (excludes halogenated alkanes) is 1. The van der Waals surface area contributed by atoms with Crippen molar-refractivity contribution in [2.45, 2.75) is 134 Å². The topological polar surface area (TPSA) is 272 Å². The van der Waals surface area contributed by atoms with Crippen molar-refractivity contribution in [2.24, 2.45) is 5.92 Å². The molecule has 26 heteroatoms. The first-order valence-electron chi connectivity index (χ1n) is 33.2. The number of likely N-dealkylation sites (N-methyl/N-ethyl adjacent to an activating group) is 8. The molecule has 5 aromatic rings. The van der Waals surface area contributed by atoms with Gasteiger partial charge < -0.3 is 55.1 Å². The fourth-order valence-corrected chi connectivity index (χ4v) is 12.0. The molecule has 9 atom stereocenters. The molecule has 11 amide bonds. The normalized spacial score (nSPS) is 22.5. The zero-order valence-electron chi connectivity index (χ0n) is 58.6. The van der Waals surface area contributed by atoms with Gasteiger partial charge in [-0.25, -0.2) is 0 Å². The van der Waals surface area contributed by atoms with Crippen molar-refractivity contribution >= 4 is 94.1 Å². The predicted octanol–water partition coefficient (Wildman–Crippen LogP) is 5.03. The Labute approximate surface area is 590 Å². The minimum atomic E-state index is -1.52. The smallest absolute Gasteiger partial charge is 0.253 e. The van der Waals surface area contributed by atoms with Crippen LogP contribution in [0, 0.1) is 5.92 Å². The van der Waals surface area contributed by atoms with E-state index in [-0.39, 0.29) is 32.1 Å². The molecule has 99 heavy (non-hydrogen) atoms. The Hall–Kier alpha value is -9.42. The first-order valence-corrected chi connectivity index (χ1v) is 33.9. The fourth-order valence-electron chi connectivity index (χ4n) is 11.7. The first-order chi connectivity index (χ1) is 47.0. The lowest BCUT2D eigenvalue weighted by Crippen LogP contribution is -2.61. The van der Waals surface area contributed by atoms with Crippen LogP contribution in [0.15, 0.2) is 134 Å². The molecule has 1 saturated heterocycles. The van der Waals surface area contributed by atoms with Crippen LogP contribution in [0.4, 0.5) is 0 Å². The third-order valence-electron chi connectivity index (χ3n) is 18.4. The van der Waals surface area contributed by atoms with Crippen LogP contribution in [0.5, 0.6) is 0 Å². The second-order valence-electron chi connectivity index (χ2n) is 25.6. The Morgan fingerprint density at radius 1 is 0.475 bits per heavy atom. The van der Waals surface area contributed by atoms with Gasteiger partial charge in [0.25, 0.3) is 5.91 Å². The molecular weight excluding hydrogens is 1310 g/mol. The molecule has 1 aliphatic rings. The van der Waals surface area contributed by atoms with E-state index in [0.717, 1.165) is 29.4 Å². The number of nitrogens with one attached hydrogen (secondary N) is 3. The number of aromatic nitrogens is 1. The molecule has 6 rings (SSSR count). The quantitative estimate of drug-likeness (QED) is 0.132. The number of nitrogens with zero attached hydrogens (tertiary/aromatic N) is 9. The summed E-state index contributed by atoms with van der Waals surface area (Å²) in [6.07, 6.45) is 3.32. The van der Waals surface area contributed by atoms with Crippen molar-refractivity contribution in [3.05, 3.63) is 166 Å². The van der Waals surface area contributed by atoms with Crippen LogP contribution in [-0.2, 0) is 78.4 Å². The van der Waals surface area contributed by atoms with Gasteiger partial charge in [-0.1, -0.05) is 148 Å². The maximum Gasteiger partial charge on any atom is 0.253 e. The monoisotopic (exact) mass is 1400 g/mol. The second-order valence-corrected chi connectivity index (χ2v) is 26.5. The van der Waals surface area contributed by atoms with Gasteiger partial charge in [-0.05, 0) is 77.9 Å². The van der Waals surface area contributed by atoms with Gasteiger partial charge >= 0.3 is 0 Å². The number of halogens is 2. The molecule has 0 unspecified atom stereocenters. The zero-order valence-corrected chi connectivity index (χ0v) is 60.1. The van der Waals surface area contributed by atoms with Crippen molar-refractivity contribution in [3.63, 3.8) is 0 Å². The first kappa shape index (κ1) is 78.6. The number of hydrogen-bond acceptors (Lipinski definition) is 12. The van der Waals surface area contributed by atoms with E-state index >= 15 is 19.2 Å². The van der Waals surface area contributed by atoms with Crippen molar-refractivity contribution in [2.75, 3.05) is 76.0 Å². The van der Waals surface area contributed by atoms with Gasteiger partial charge in [-0.15, -0.1) is 0 Å². The summed E-state index contributed by atoms with van der Waals surface area (Å²) < 4.78 is 1.22. The largest absolute Gasteiger partial charge is 0.342 e. The molecule has 0 spiro atoms. The Balaban J connectivity index is 1.47. The second kappa shape index (κ2) is 37.0. The number of hydrogen-bond donors (Lipinski definition) is 3. The summed E-state index contributed by atoms with van der Waals surface area (Å²) in [5, 5.41) is 9.20. The van der Waals surface area contributed by atoms with E-state index < -0.39 is 151 Å². The standard InChI is InChI=1S/C73H94Cl2N12O12/c1-13-15-31-57-70(96)86(12)60(72(98)87-36-22-23-37-87)43-62(89)82(8)48(4)66(92)78-65(47(3)14-2)73(99)81(7)45-63(90)79(5)46-64(91)83(9)58(42-51-32-34-53(74)35-33-51)69(95)80(6)44-61(88)76-55(40-52-29-24-30-54(75)38-52)67(93)77-56(39-49-25-18-16-19-26-49)68(94)85(11)59(71(97)84(57)10)41-50-27-20-17-21-28-50/h16-30,32-38,47-48,55-60,65H,13-15,31,39-46H2,1-12H3,(H,76,88)(H,77,93)(H,78,92)/t47-,48-,55-,56-,57-,58-,59-,60-,65-/m0/s1. The molecule has 1 aromatic heterocycles. The highest BCUT2D eigenvalue weighted by Gasteiger charge is 2.43. The van der Waals surface area contributed by atoms with E-state index in [1.165, 1.54) is 90.1 Å². The number of carbonyl (C=O) groups excluding carboxylic acids is 12. The molecule has 3 N–H and O–H groups in total. The molecular formula is C73H94Cl2N12O12. The van der Waals surface area contributed by atoms with Crippen LogP contribution in [0.2, 0.25) is 10.0 Å². The minimum Gasteiger partial charge on any atom is -0.342 e. The van der Waals surface area contributed by atoms with Crippen LogP contribution in [0.25, 0.3) is 0 Å². The zero-order chi connectivity index (χ0) is 72.9. The lowest BCUT2D eigenvalue weighted by molar-refractivity contribution is -0.151. The summed E-state index contributed by atoms with van der Waals surface area (Å²) in [5.74, 6) is -9.17. The van der Waals surface area contributed by atoms with E-state index in [2.05, 4.69) is 16.0 Å². The van der Waals surface area contributed by atoms with Crippen molar-refractivity contribution in [3.8, 4) is 0 Å². The van der Waals surface area contributed by atoms with Gasteiger partial charge in [0.1, 0.15) is 48.3 Å². The van der Waals surface area contributed by atoms with Crippen LogP contribution < -0.4 is 16.0 Å². The molecule has 2 heterocycles. The third-order valence-corrected chi connectivity index (χ3v) is 18.9. The highest BCUT2D eigenvalue weighted by Crippen LogP contribution is 2.23. The van der Waals surface area contributed by atoms with Crippen LogP contribution in [-0.4, -0.2) is 239 Å². The number of benzene rings is 4. The summed E-state index contributed by atoms with van der Waals surface area (Å²) in [7, 11) is 11.0. The summed E-state index contributed by atoms with van der Waals surface area (Å²) in [6, 6.07) is 23.3. The lowest BCUT2D eigenvalue weighted by Gasteiger charge is -2.38. The average Bonchev–Trinajstić information content (AvgIpc) is 1.30. The van der Waals surface area contributed by atoms with Gasteiger partial charge in [0.2, 0.25) is 65.0 Å². The molecule has 532 valence electrons. The van der Waals surface area contributed by atoms with Gasteiger partial charge in [0.15, 0.2) is 0 Å². The predicted molar refractivity (Wildman–Crippen MR) is 376 cm³/mol. The maximum absolute atomic E-state index is 15.7. The minimum absolute atomic E-state index is 0.0754. The van der Waals surface area contributed by atoms with Crippen molar-refractivity contribution in [1.82, 2.24) is 59.7 Å². The average molecular weight is 1400 g/mol. The maximum atomic E-state index is 15.7. The van der Waals surface area contributed by atoms with Gasteiger partial charge in [-0.3, -0.25) is 62.1 Å². The SMILES string of the molecule is CCCC[C@H]1C(=O)N(C)[C@H](C(=O)n2cccc2)CC(=O)N(C)[C@@H](C)C(=O)N[C@@H]([C@@H](C)CC)C(=O)N(C)CC(=O)N(C)CC(=O)N(C)[C@@H](Cc2ccc(Cl)cc2)C(=O)N(C)CC(=O)N[C@@H](Cc2cccc(Cl)c2)C(=O)N[C@@H](Cc2ccccc2)C(=O)N(C)[C@@H](Cc2ccccc2)C(=O)N1C. The van der Waals surface area contributed by atoms with Gasteiger partial charge in [0.05, 0.1) is 26.1 Å². The van der Waals surface area contributed by atoms with Gasteiger partial charge in [0, 0.05) is 105 Å². The number of carbonyl (C=O) groups is 12. The van der Waals surface area contributed by atoms with E-state index in [9.17, 15) is 38.4 Å².